The van der Waals surface area contributed by atoms with E-state index < -0.39 is 0 Å². The molecule has 1 unspecified atom stereocenters. The minimum absolute atomic E-state index is 0.0322. The third kappa shape index (κ3) is 3.00. The first-order valence-electron chi connectivity index (χ1n) is 5.88. The van der Waals surface area contributed by atoms with Gasteiger partial charge in [0.15, 0.2) is 0 Å². The largest absolute Gasteiger partial charge is 0.381 e. The van der Waals surface area contributed by atoms with Crippen LogP contribution in [0, 0.1) is 12.8 Å². The minimum Gasteiger partial charge on any atom is -0.381 e. The van der Waals surface area contributed by atoms with Gasteiger partial charge in [0.2, 0.25) is 0 Å². The molecule has 0 spiro atoms. The van der Waals surface area contributed by atoms with Gasteiger partial charge in [0, 0.05) is 25.5 Å². The fourth-order valence-electron chi connectivity index (χ4n) is 2.14. The Morgan fingerprint density at radius 2 is 2.25 bits per heavy atom. The number of hydrogen-bond acceptors (Lipinski definition) is 4. The Hall–Kier alpha value is -1.00. The topological polar surface area (TPSA) is 61.0 Å². The van der Waals surface area contributed by atoms with Gasteiger partial charge in [0.05, 0.1) is 5.69 Å². The van der Waals surface area contributed by atoms with E-state index in [0.29, 0.717) is 5.92 Å². The van der Waals surface area contributed by atoms with Crippen LogP contribution in [0.25, 0.3) is 0 Å². The van der Waals surface area contributed by atoms with Crippen LogP contribution in [0.4, 0.5) is 0 Å². The second kappa shape index (κ2) is 5.37. The third-order valence-corrected chi connectivity index (χ3v) is 3.11. The van der Waals surface area contributed by atoms with Crippen molar-refractivity contribution in [1.82, 2.24) is 9.97 Å². The maximum atomic E-state index is 6.16. The lowest BCUT2D eigenvalue weighted by molar-refractivity contribution is 0.0617. The smallest absolute Gasteiger partial charge is 0.125 e. The molecule has 2 heterocycles. The number of aryl methyl sites for hydroxylation is 1. The van der Waals surface area contributed by atoms with E-state index in [1.165, 1.54) is 0 Å². The summed E-state index contributed by atoms with van der Waals surface area (Å²) in [5, 5.41) is 0. The van der Waals surface area contributed by atoms with Crippen LogP contribution in [0.15, 0.2) is 12.3 Å². The van der Waals surface area contributed by atoms with Crippen LogP contribution in [-0.2, 0) is 4.74 Å². The van der Waals surface area contributed by atoms with Crippen molar-refractivity contribution in [2.24, 2.45) is 11.7 Å². The summed E-state index contributed by atoms with van der Waals surface area (Å²) >= 11 is 0. The summed E-state index contributed by atoms with van der Waals surface area (Å²) in [6.07, 6.45) is 5.02. The average Bonchev–Trinajstić information content (AvgIpc) is 2.30. The number of hydrogen-bond donors (Lipinski definition) is 1. The van der Waals surface area contributed by atoms with Gasteiger partial charge < -0.3 is 10.5 Å². The molecule has 1 aromatic heterocycles. The Morgan fingerprint density at radius 1 is 1.50 bits per heavy atom. The molecule has 0 amide bonds. The summed E-state index contributed by atoms with van der Waals surface area (Å²) in [5.74, 6) is 1.47. The predicted octanol–water partition coefficient (Wildman–Crippen LogP) is 1.60. The molecular weight excluding hydrogens is 202 g/mol. The second-order valence-corrected chi connectivity index (χ2v) is 4.43. The Bertz CT molecular complexity index is 337. The quantitative estimate of drug-likeness (QED) is 0.842. The lowest BCUT2D eigenvalue weighted by atomic mass is 9.91. The fraction of sp³-hybridized carbons (Fsp3) is 0.667. The van der Waals surface area contributed by atoms with Gasteiger partial charge in [0.1, 0.15) is 5.82 Å². The molecule has 16 heavy (non-hydrogen) atoms. The third-order valence-electron chi connectivity index (χ3n) is 3.11. The summed E-state index contributed by atoms with van der Waals surface area (Å²) in [6.45, 7) is 3.64. The van der Waals surface area contributed by atoms with Gasteiger partial charge in [-0.15, -0.1) is 0 Å². The molecule has 2 N–H and O–H groups in total. The zero-order valence-electron chi connectivity index (χ0n) is 9.72. The highest BCUT2D eigenvalue weighted by Gasteiger charge is 2.18. The Morgan fingerprint density at radius 3 is 2.94 bits per heavy atom. The van der Waals surface area contributed by atoms with E-state index >= 15 is 0 Å². The van der Waals surface area contributed by atoms with E-state index in [-0.39, 0.29) is 6.04 Å². The molecule has 0 bridgehead atoms. The summed E-state index contributed by atoms with van der Waals surface area (Å²) in [5.41, 5.74) is 7.12. The fourth-order valence-corrected chi connectivity index (χ4v) is 2.14. The summed E-state index contributed by atoms with van der Waals surface area (Å²) in [7, 11) is 0. The molecule has 1 aliphatic rings. The number of nitrogens with zero attached hydrogens (tertiary/aromatic N) is 2. The van der Waals surface area contributed by atoms with Crippen LogP contribution in [0.3, 0.4) is 0 Å². The van der Waals surface area contributed by atoms with Crippen molar-refractivity contribution in [2.75, 3.05) is 13.2 Å². The molecule has 88 valence electrons. The molecule has 1 aliphatic heterocycles. The highest BCUT2D eigenvalue weighted by Crippen LogP contribution is 2.24. The Kier molecular flexibility index (Phi) is 3.85. The molecule has 0 aromatic carbocycles. The first-order chi connectivity index (χ1) is 7.75. The monoisotopic (exact) mass is 221 g/mol. The van der Waals surface area contributed by atoms with Gasteiger partial charge in [0.25, 0.3) is 0 Å². The highest BCUT2D eigenvalue weighted by molar-refractivity contribution is 5.06. The van der Waals surface area contributed by atoms with Crippen molar-refractivity contribution in [3.63, 3.8) is 0 Å². The molecular formula is C12H19N3O. The molecule has 1 fully saturated rings. The molecule has 4 nitrogen and oxygen atoms in total. The SMILES string of the molecule is Cc1nccc(C(N)CC2CCOCC2)n1. The van der Waals surface area contributed by atoms with E-state index in [1.54, 1.807) is 6.20 Å². The van der Waals surface area contributed by atoms with Crippen LogP contribution >= 0.6 is 0 Å². The van der Waals surface area contributed by atoms with E-state index in [0.717, 1.165) is 44.0 Å². The average molecular weight is 221 g/mol. The molecule has 0 radical (unpaired) electrons. The second-order valence-electron chi connectivity index (χ2n) is 4.43. The lowest BCUT2D eigenvalue weighted by Crippen LogP contribution is -2.22. The molecule has 1 aromatic rings. The van der Waals surface area contributed by atoms with E-state index in [4.69, 9.17) is 10.5 Å². The van der Waals surface area contributed by atoms with Crippen molar-refractivity contribution >= 4 is 0 Å². The number of aromatic nitrogens is 2. The summed E-state index contributed by atoms with van der Waals surface area (Å²) in [6, 6.07) is 1.95. The number of rotatable bonds is 3. The molecule has 4 heteroatoms. The maximum Gasteiger partial charge on any atom is 0.125 e. The van der Waals surface area contributed by atoms with Gasteiger partial charge in [-0.1, -0.05) is 0 Å². The van der Waals surface area contributed by atoms with Crippen molar-refractivity contribution < 1.29 is 4.74 Å². The maximum absolute atomic E-state index is 6.16. The van der Waals surface area contributed by atoms with Gasteiger partial charge in [-0.05, 0) is 38.2 Å². The van der Waals surface area contributed by atoms with Crippen LogP contribution in [0.5, 0.6) is 0 Å². The minimum atomic E-state index is 0.0322. The van der Waals surface area contributed by atoms with Crippen molar-refractivity contribution in [3.8, 4) is 0 Å². The van der Waals surface area contributed by atoms with E-state index in [1.807, 2.05) is 13.0 Å². The first-order valence-corrected chi connectivity index (χ1v) is 5.88. The molecule has 1 saturated heterocycles. The molecule has 0 aliphatic carbocycles. The predicted molar refractivity (Wildman–Crippen MR) is 61.9 cm³/mol. The van der Waals surface area contributed by atoms with Crippen LogP contribution in [0.2, 0.25) is 0 Å². The van der Waals surface area contributed by atoms with Crippen LogP contribution in [-0.4, -0.2) is 23.2 Å². The van der Waals surface area contributed by atoms with Crippen LogP contribution in [0.1, 0.15) is 36.8 Å². The van der Waals surface area contributed by atoms with Gasteiger partial charge in [-0.3, -0.25) is 0 Å². The normalized spacial score (nSPS) is 19.6. The zero-order chi connectivity index (χ0) is 11.4. The standard InChI is InChI=1S/C12H19N3O/c1-9-14-5-2-12(15-9)11(13)8-10-3-6-16-7-4-10/h2,5,10-11H,3-4,6-8,13H2,1H3. The van der Waals surface area contributed by atoms with E-state index in [9.17, 15) is 0 Å². The zero-order valence-corrected chi connectivity index (χ0v) is 9.72. The molecule has 2 rings (SSSR count). The van der Waals surface area contributed by atoms with E-state index in [2.05, 4.69) is 9.97 Å². The number of ether oxygens (including phenoxy) is 1. The Labute approximate surface area is 96.2 Å². The van der Waals surface area contributed by atoms with Crippen molar-refractivity contribution in [2.45, 2.75) is 32.2 Å². The highest BCUT2D eigenvalue weighted by atomic mass is 16.5. The summed E-state index contributed by atoms with van der Waals surface area (Å²) in [4.78, 5) is 8.45. The molecule has 1 atom stereocenters. The van der Waals surface area contributed by atoms with Crippen molar-refractivity contribution in [1.29, 1.82) is 0 Å². The summed E-state index contributed by atoms with van der Waals surface area (Å²) < 4.78 is 5.34. The van der Waals surface area contributed by atoms with Crippen molar-refractivity contribution in [3.05, 3.63) is 23.8 Å². The van der Waals surface area contributed by atoms with Gasteiger partial charge in [-0.2, -0.15) is 0 Å². The van der Waals surface area contributed by atoms with Gasteiger partial charge >= 0.3 is 0 Å². The lowest BCUT2D eigenvalue weighted by Gasteiger charge is -2.24. The Balaban J connectivity index is 1.94. The van der Waals surface area contributed by atoms with Gasteiger partial charge in [-0.25, -0.2) is 9.97 Å². The van der Waals surface area contributed by atoms with Crippen LogP contribution < -0.4 is 5.73 Å². The first kappa shape index (κ1) is 11.5. The molecule has 0 saturated carbocycles. The number of nitrogens with two attached hydrogens (primary N) is 1.